The van der Waals surface area contributed by atoms with E-state index >= 15 is 0 Å². The van der Waals surface area contributed by atoms with Gasteiger partial charge in [0.25, 0.3) is 0 Å². The lowest BCUT2D eigenvalue weighted by Gasteiger charge is -2.43. The molecule has 0 aromatic carbocycles. The van der Waals surface area contributed by atoms with E-state index in [0.717, 1.165) is 23.9 Å². The van der Waals surface area contributed by atoms with Crippen LogP contribution in [0.25, 0.3) is 0 Å². The van der Waals surface area contributed by atoms with Crippen LogP contribution in [0.4, 0.5) is 0 Å². The van der Waals surface area contributed by atoms with Gasteiger partial charge in [0, 0.05) is 38.3 Å². The third-order valence-corrected chi connectivity index (χ3v) is 5.05. The van der Waals surface area contributed by atoms with Crippen LogP contribution >= 0.6 is 0 Å². The molecule has 1 saturated carbocycles. The largest absolute Gasteiger partial charge is 0.317 e. The smallest absolute Gasteiger partial charge is 0.0195 e. The number of rotatable bonds is 3. The fourth-order valence-corrected chi connectivity index (χ4v) is 3.83. The van der Waals surface area contributed by atoms with Gasteiger partial charge < -0.3 is 10.2 Å². The summed E-state index contributed by atoms with van der Waals surface area (Å²) in [5.74, 6) is 1.77. The SMILES string of the molecule is CNC1CCC(C)CC1CN1CCN(C)CC1C. The van der Waals surface area contributed by atoms with Crippen LogP contribution in [0.15, 0.2) is 0 Å². The lowest BCUT2D eigenvalue weighted by Crippen LogP contribution is -2.54. The molecule has 3 heteroatoms. The number of nitrogens with one attached hydrogen (secondary N) is 1. The summed E-state index contributed by atoms with van der Waals surface area (Å²) < 4.78 is 0. The maximum absolute atomic E-state index is 3.55. The molecule has 1 saturated heterocycles. The molecule has 0 bridgehead atoms. The minimum Gasteiger partial charge on any atom is -0.317 e. The summed E-state index contributed by atoms with van der Waals surface area (Å²) in [7, 11) is 4.38. The molecule has 4 unspecified atom stereocenters. The Morgan fingerprint density at radius 2 is 1.94 bits per heavy atom. The van der Waals surface area contributed by atoms with Crippen LogP contribution in [0.5, 0.6) is 0 Å². The molecule has 1 aliphatic carbocycles. The number of nitrogens with zero attached hydrogens (tertiary/aromatic N) is 2. The number of hydrogen-bond acceptors (Lipinski definition) is 3. The van der Waals surface area contributed by atoms with Crippen LogP contribution in [0, 0.1) is 11.8 Å². The van der Waals surface area contributed by atoms with E-state index in [9.17, 15) is 0 Å². The van der Waals surface area contributed by atoms with Gasteiger partial charge in [0.2, 0.25) is 0 Å². The topological polar surface area (TPSA) is 18.5 Å². The van der Waals surface area contributed by atoms with E-state index in [2.05, 4.69) is 43.1 Å². The third-order valence-electron chi connectivity index (χ3n) is 5.05. The lowest BCUT2D eigenvalue weighted by molar-refractivity contribution is 0.0641. The van der Waals surface area contributed by atoms with E-state index in [1.807, 2.05) is 0 Å². The summed E-state index contributed by atoms with van der Waals surface area (Å²) in [4.78, 5) is 5.17. The molecule has 0 amide bonds. The van der Waals surface area contributed by atoms with Crippen LogP contribution in [0.1, 0.15) is 33.1 Å². The first-order valence-electron chi connectivity index (χ1n) is 7.70. The second kappa shape index (κ2) is 6.36. The average molecular weight is 253 g/mol. The fraction of sp³-hybridized carbons (Fsp3) is 1.00. The van der Waals surface area contributed by atoms with E-state index in [4.69, 9.17) is 0 Å². The molecule has 1 N–H and O–H groups in total. The van der Waals surface area contributed by atoms with Crippen LogP contribution in [-0.2, 0) is 0 Å². The lowest BCUT2D eigenvalue weighted by atomic mass is 9.78. The minimum atomic E-state index is 0.721. The Kier molecular flexibility index (Phi) is 5.05. The van der Waals surface area contributed by atoms with Gasteiger partial charge in [0.1, 0.15) is 0 Å². The average Bonchev–Trinajstić information content (AvgIpc) is 2.33. The quantitative estimate of drug-likeness (QED) is 0.825. The molecule has 1 aliphatic heterocycles. The highest BCUT2D eigenvalue weighted by Gasteiger charge is 2.31. The van der Waals surface area contributed by atoms with Crippen LogP contribution < -0.4 is 5.32 Å². The predicted octanol–water partition coefficient (Wildman–Crippen LogP) is 1.65. The molecule has 0 radical (unpaired) electrons. The first kappa shape index (κ1) is 14.3. The van der Waals surface area contributed by atoms with Crippen molar-refractivity contribution in [1.82, 2.24) is 15.1 Å². The van der Waals surface area contributed by atoms with E-state index in [-0.39, 0.29) is 0 Å². The summed E-state index contributed by atoms with van der Waals surface area (Å²) in [5.41, 5.74) is 0. The normalized spacial score (nSPS) is 40.0. The molecule has 18 heavy (non-hydrogen) atoms. The van der Waals surface area contributed by atoms with Crippen molar-refractivity contribution < 1.29 is 0 Å². The van der Waals surface area contributed by atoms with Gasteiger partial charge >= 0.3 is 0 Å². The molecule has 0 aromatic rings. The van der Waals surface area contributed by atoms with Gasteiger partial charge in [-0.3, -0.25) is 4.90 Å². The zero-order valence-electron chi connectivity index (χ0n) is 12.7. The molecule has 2 fully saturated rings. The third kappa shape index (κ3) is 3.46. The van der Waals surface area contributed by atoms with Crippen molar-refractivity contribution in [3.8, 4) is 0 Å². The Balaban J connectivity index is 1.90. The summed E-state index contributed by atoms with van der Waals surface area (Å²) in [6, 6.07) is 1.46. The number of piperazine rings is 1. The summed E-state index contributed by atoms with van der Waals surface area (Å²) >= 11 is 0. The molecule has 0 aromatic heterocycles. The van der Waals surface area contributed by atoms with E-state index in [1.54, 1.807) is 0 Å². The van der Waals surface area contributed by atoms with Crippen molar-refractivity contribution in [3.05, 3.63) is 0 Å². The maximum atomic E-state index is 3.55. The van der Waals surface area contributed by atoms with Crippen LogP contribution in [0.3, 0.4) is 0 Å². The highest BCUT2D eigenvalue weighted by Crippen LogP contribution is 2.30. The Bertz CT molecular complexity index is 256. The van der Waals surface area contributed by atoms with Gasteiger partial charge in [-0.25, -0.2) is 0 Å². The highest BCUT2D eigenvalue weighted by molar-refractivity contribution is 4.87. The Hall–Kier alpha value is -0.120. The van der Waals surface area contributed by atoms with Crippen molar-refractivity contribution >= 4 is 0 Å². The summed E-state index contributed by atoms with van der Waals surface area (Å²) in [6.07, 6.45) is 4.18. The molecular formula is C15H31N3. The van der Waals surface area contributed by atoms with E-state index < -0.39 is 0 Å². The van der Waals surface area contributed by atoms with Crippen molar-refractivity contribution in [2.24, 2.45) is 11.8 Å². The summed E-state index contributed by atoms with van der Waals surface area (Å²) in [5, 5.41) is 3.55. The Labute approximate surface area is 113 Å². The second-order valence-corrected chi connectivity index (χ2v) is 6.68. The molecule has 2 rings (SSSR count). The van der Waals surface area contributed by atoms with Gasteiger partial charge in [-0.05, 0) is 52.1 Å². The highest BCUT2D eigenvalue weighted by atomic mass is 15.3. The van der Waals surface area contributed by atoms with Gasteiger partial charge in [-0.1, -0.05) is 6.92 Å². The van der Waals surface area contributed by atoms with E-state index in [1.165, 1.54) is 45.4 Å². The Morgan fingerprint density at radius 3 is 2.61 bits per heavy atom. The molecule has 1 heterocycles. The molecule has 3 nitrogen and oxygen atoms in total. The molecular weight excluding hydrogens is 222 g/mol. The van der Waals surface area contributed by atoms with Crippen molar-refractivity contribution in [2.45, 2.75) is 45.2 Å². The fourth-order valence-electron chi connectivity index (χ4n) is 3.83. The van der Waals surface area contributed by atoms with Gasteiger partial charge in [0.15, 0.2) is 0 Å². The molecule has 106 valence electrons. The van der Waals surface area contributed by atoms with Gasteiger partial charge in [-0.15, -0.1) is 0 Å². The molecule has 0 spiro atoms. The monoisotopic (exact) mass is 253 g/mol. The van der Waals surface area contributed by atoms with Crippen LogP contribution in [0.2, 0.25) is 0 Å². The minimum absolute atomic E-state index is 0.721. The zero-order chi connectivity index (χ0) is 13.1. The number of hydrogen-bond donors (Lipinski definition) is 1. The van der Waals surface area contributed by atoms with Gasteiger partial charge in [-0.2, -0.15) is 0 Å². The van der Waals surface area contributed by atoms with Crippen LogP contribution in [-0.4, -0.2) is 62.2 Å². The first-order chi connectivity index (χ1) is 8.60. The summed E-state index contributed by atoms with van der Waals surface area (Å²) in [6.45, 7) is 9.82. The molecule has 4 atom stereocenters. The van der Waals surface area contributed by atoms with Crippen molar-refractivity contribution in [1.29, 1.82) is 0 Å². The molecule has 2 aliphatic rings. The maximum Gasteiger partial charge on any atom is 0.0195 e. The van der Waals surface area contributed by atoms with Gasteiger partial charge in [0.05, 0.1) is 0 Å². The second-order valence-electron chi connectivity index (χ2n) is 6.68. The van der Waals surface area contributed by atoms with E-state index in [0.29, 0.717) is 0 Å². The zero-order valence-corrected chi connectivity index (χ0v) is 12.7. The Morgan fingerprint density at radius 1 is 1.17 bits per heavy atom. The van der Waals surface area contributed by atoms with Crippen molar-refractivity contribution in [3.63, 3.8) is 0 Å². The predicted molar refractivity (Wildman–Crippen MR) is 77.9 cm³/mol. The first-order valence-corrected chi connectivity index (χ1v) is 7.70. The van der Waals surface area contributed by atoms with Crippen molar-refractivity contribution in [2.75, 3.05) is 40.3 Å². The number of likely N-dealkylation sites (N-methyl/N-ethyl adjacent to an activating group) is 1. The standard InChI is InChI=1S/C15H31N3/c1-12-5-6-15(16-3)14(9-12)11-18-8-7-17(4)10-13(18)2/h12-16H,5-11H2,1-4H3.